The zero-order valence-electron chi connectivity index (χ0n) is 15.7. The van der Waals surface area contributed by atoms with Crippen LogP contribution in [0, 0.1) is 6.92 Å². The molecule has 0 aromatic heterocycles. The van der Waals surface area contributed by atoms with Gasteiger partial charge in [0.25, 0.3) is 0 Å². The van der Waals surface area contributed by atoms with E-state index >= 15 is 0 Å². The van der Waals surface area contributed by atoms with Crippen LogP contribution in [0.2, 0.25) is 5.02 Å². The lowest BCUT2D eigenvalue weighted by molar-refractivity contribution is -0.117. The van der Waals surface area contributed by atoms with E-state index in [9.17, 15) is 13.2 Å². The number of benzene rings is 2. The number of sulfonamides is 1. The molecule has 0 heterocycles. The maximum atomic E-state index is 12.9. The number of halogens is 1. The molecule has 8 heteroatoms. The van der Waals surface area contributed by atoms with Crippen LogP contribution in [-0.4, -0.2) is 32.9 Å². The Morgan fingerprint density at radius 1 is 1.26 bits per heavy atom. The molecule has 2 aromatic rings. The van der Waals surface area contributed by atoms with Crippen LogP contribution in [0.5, 0.6) is 0 Å². The molecule has 0 aliphatic heterocycles. The Balaban J connectivity index is 2.43. The molecular formula is C19H23ClN2O3S2. The van der Waals surface area contributed by atoms with E-state index in [-0.39, 0.29) is 5.91 Å². The lowest BCUT2D eigenvalue weighted by Gasteiger charge is -2.31. The van der Waals surface area contributed by atoms with Crippen LogP contribution in [0.15, 0.2) is 47.4 Å². The monoisotopic (exact) mass is 426 g/mol. The van der Waals surface area contributed by atoms with Crippen molar-refractivity contribution in [3.63, 3.8) is 0 Å². The van der Waals surface area contributed by atoms with Gasteiger partial charge in [-0.05, 0) is 55.5 Å². The van der Waals surface area contributed by atoms with Gasteiger partial charge in [0.15, 0.2) is 0 Å². The van der Waals surface area contributed by atoms with Crippen molar-refractivity contribution in [1.82, 2.24) is 0 Å². The van der Waals surface area contributed by atoms with Gasteiger partial charge in [-0.15, -0.1) is 11.8 Å². The quantitative estimate of drug-likeness (QED) is 0.659. The molecule has 0 saturated carbocycles. The fraction of sp³-hybridized carbons (Fsp3) is 0.316. The highest BCUT2D eigenvalue weighted by Crippen LogP contribution is 2.29. The number of hydrogen-bond donors (Lipinski definition) is 1. The van der Waals surface area contributed by atoms with Gasteiger partial charge in [-0.1, -0.05) is 30.7 Å². The van der Waals surface area contributed by atoms with E-state index in [1.807, 2.05) is 24.5 Å². The Kier molecular flexibility index (Phi) is 7.19. The molecule has 1 N–H and O–H groups in total. The molecule has 5 nitrogen and oxygen atoms in total. The third-order valence-corrected chi connectivity index (χ3v) is 6.20. The first-order valence-corrected chi connectivity index (χ1v) is 11.8. The fourth-order valence-corrected chi connectivity index (χ4v) is 4.67. The van der Waals surface area contributed by atoms with Gasteiger partial charge in [-0.2, -0.15) is 0 Å². The number of hydrogen-bond acceptors (Lipinski definition) is 4. The van der Waals surface area contributed by atoms with E-state index in [0.29, 0.717) is 22.8 Å². The number of aryl methyl sites for hydroxylation is 1. The second-order valence-electron chi connectivity index (χ2n) is 6.13. The van der Waals surface area contributed by atoms with Gasteiger partial charge in [0.05, 0.1) is 11.9 Å². The SMILES string of the molecule is CCC(C(=O)Nc1cccc(SC)c1)N(c1cc(Cl)ccc1C)S(C)(=O)=O. The van der Waals surface area contributed by atoms with Crippen LogP contribution in [0.4, 0.5) is 11.4 Å². The minimum atomic E-state index is -3.71. The number of thioether (sulfide) groups is 1. The smallest absolute Gasteiger partial charge is 0.248 e. The molecule has 27 heavy (non-hydrogen) atoms. The molecule has 0 bridgehead atoms. The van der Waals surface area contributed by atoms with Crippen molar-refractivity contribution in [1.29, 1.82) is 0 Å². The van der Waals surface area contributed by atoms with Gasteiger partial charge in [0.1, 0.15) is 6.04 Å². The van der Waals surface area contributed by atoms with Crippen molar-refractivity contribution in [3.05, 3.63) is 53.1 Å². The van der Waals surface area contributed by atoms with Crippen LogP contribution in [-0.2, 0) is 14.8 Å². The number of anilines is 2. The summed E-state index contributed by atoms with van der Waals surface area (Å²) < 4.78 is 26.3. The fourth-order valence-electron chi connectivity index (χ4n) is 2.78. The molecule has 1 amide bonds. The van der Waals surface area contributed by atoms with Gasteiger partial charge in [-0.25, -0.2) is 8.42 Å². The minimum absolute atomic E-state index is 0.313. The summed E-state index contributed by atoms with van der Waals surface area (Å²) in [6.45, 7) is 3.57. The highest BCUT2D eigenvalue weighted by atomic mass is 35.5. The van der Waals surface area contributed by atoms with E-state index < -0.39 is 16.1 Å². The Morgan fingerprint density at radius 3 is 2.56 bits per heavy atom. The summed E-state index contributed by atoms with van der Waals surface area (Å²) in [6.07, 6.45) is 3.35. The van der Waals surface area contributed by atoms with E-state index in [4.69, 9.17) is 11.6 Å². The predicted molar refractivity (Wildman–Crippen MR) is 114 cm³/mol. The second-order valence-corrected chi connectivity index (χ2v) is 9.31. The van der Waals surface area contributed by atoms with Crippen LogP contribution in [0.25, 0.3) is 0 Å². The van der Waals surface area contributed by atoms with E-state index in [2.05, 4.69) is 5.32 Å². The topological polar surface area (TPSA) is 66.5 Å². The zero-order chi connectivity index (χ0) is 20.2. The summed E-state index contributed by atoms with van der Waals surface area (Å²) in [5, 5.41) is 3.24. The van der Waals surface area contributed by atoms with Gasteiger partial charge >= 0.3 is 0 Å². The number of nitrogens with one attached hydrogen (secondary N) is 1. The van der Waals surface area contributed by atoms with Crippen LogP contribution >= 0.6 is 23.4 Å². The molecule has 2 aromatic carbocycles. The molecule has 0 radical (unpaired) electrons. The third kappa shape index (κ3) is 5.40. The Morgan fingerprint density at radius 2 is 1.96 bits per heavy atom. The third-order valence-electron chi connectivity index (χ3n) is 4.08. The van der Waals surface area contributed by atoms with Crippen LogP contribution < -0.4 is 9.62 Å². The molecule has 0 spiro atoms. The van der Waals surface area contributed by atoms with Crippen LogP contribution in [0.3, 0.4) is 0 Å². The van der Waals surface area contributed by atoms with Crippen molar-refractivity contribution >= 4 is 50.7 Å². The molecule has 0 saturated heterocycles. The predicted octanol–water partition coefficient (Wildman–Crippen LogP) is 4.55. The highest BCUT2D eigenvalue weighted by Gasteiger charge is 2.32. The Bertz CT molecular complexity index is 932. The zero-order valence-corrected chi connectivity index (χ0v) is 18.1. The summed E-state index contributed by atoms with van der Waals surface area (Å²) in [7, 11) is -3.71. The Labute approximate surface area is 170 Å². The van der Waals surface area contributed by atoms with Crippen molar-refractivity contribution in [2.45, 2.75) is 31.2 Å². The summed E-state index contributed by atoms with van der Waals surface area (Å²) in [5.41, 5.74) is 1.76. The average molecular weight is 427 g/mol. The van der Waals surface area contributed by atoms with Crippen molar-refractivity contribution in [3.8, 4) is 0 Å². The molecule has 1 atom stereocenters. The number of rotatable bonds is 7. The number of carbonyl (C=O) groups excluding carboxylic acids is 1. The second kappa shape index (κ2) is 8.99. The summed E-state index contributed by atoms with van der Waals surface area (Å²) in [4.78, 5) is 13.9. The summed E-state index contributed by atoms with van der Waals surface area (Å²) >= 11 is 7.64. The largest absolute Gasteiger partial charge is 0.324 e. The standard InChI is InChI=1S/C19H23ClN2O3S2/c1-5-17(19(23)21-15-7-6-8-16(12-15)26-3)22(27(4,24)25)18-11-14(20)10-9-13(18)2/h6-12,17H,5H2,1-4H3,(H,21,23). The molecule has 2 rings (SSSR count). The maximum absolute atomic E-state index is 12.9. The first-order valence-electron chi connectivity index (χ1n) is 8.37. The lowest BCUT2D eigenvalue weighted by atomic mass is 10.1. The lowest BCUT2D eigenvalue weighted by Crippen LogP contribution is -2.47. The first-order chi connectivity index (χ1) is 12.7. The number of carbonyl (C=O) groups is 1. The average Bonchev–Trinajstić information content (AvgIpc) is 2.61. The molecular weight excluding hydrogens is 404 g/mol. The molecule has 146 valence electrons. The minimum Gasteiger partial charge on any atom is -0.324 e. The van der Waals surface area contributed by atoms with E-state index in [0.717, 1.165) is 21.0 Å². The van der Waals surface area contributed by atoms with Gasteiger partial charge in [0.2, 0.25) is 15.9 Å². The molecule has 0 aliphatic carbocycles. The van der Waals surface area contributed by atoms with Gasteiger partial charge in [-0.3, -0.25) is 9.10 Å². The van der Waals surface area contributed by atoms with Crippen LogP contribution in [0.1, 0.15) is 18.9 Å². The number of amides is 1. The first kappa shape index (κ1) is 21.6. The van der Waals surface area contributed by atoms with Gasteiger partial charge < -0.3 is 5.32 Å². The number of nitrogens with zero attached hydrogens (tertiary/aromatic N) is 1. The molecule has 0 fully saturated rings. The molecule has 0 aliphatic rings. The van der Waals surface area contributed by atoms with Crippen molar-refractivity contribution in [2.24, 2.45) is 0 Å². The van der Waals surface area contributed by atoms with E-state index in [1.165, 1.54) is 0 Å². The Hall–Kier alpha value is -1.70. The maximum Gasteiger partial charge on any atom is 0.248 e. The van der Waals surface area contributed by atoms with Crippen molar-refractivity contribution in [2.75, 3.05) is 22.1 Å². The highest BCUT2D eigenvalue weighted by molar-refractivity contribution is 7.98. The summed E-state index contributed by atoms with van der Waals surface area (Å²) in [5.74, 6) is -0.388. The molecule has 1 unspecified atom stereocenters. The normalized spacial score (nSPS) is 12.5. The van der Waals surface area contributed by atoms with Crippen molar-refractivity contribution < 1.29 is 13.2 Å². The summed E-state index contributed by atoms with van der Waals surface area (Å²) in [6, 6.07) is 11.5. The van der Waals surface area contributed by atoms with E-state index in [1.54, 1.807) is 49.9 Å². The van der Waals surface area contributed by atoms with Gasteiger partial charge in [0, 0.05) is 15.6 Å².